The summed E-state index contributed by atoms with van der Waals surface area (Å²) in [5.41, 5.74) is 10.4. The smallest absolute Gasteiger partial charge is 0.00548 e. The molecular formula is C23H26. The van der Waals surface area contributed by atoms with E-state index in [9.17, 15) is 0 Å². The van der Waals surface area contributed by atoms with Crippen molar-refractivity contribution in [2.75, 3.05) is 0 Å². The zero-order chi connectivity index (χ0) is 16.2. The summed E-state index contributed by atoms with van der Waals surface area (Å²) in [6.45, 7) is 9.11. The molecule has 0 aromatic heterocycles. The fourth-order valence-corrected chi connectivity index (χ4v) is 3.73. The van der Waals surface area contributed by atoms with Crippen LogP contribution in [-0.4, -0.2) is 0 Å². The van der Waals surface area contributed by atoms with Gasteiger partial charge >= 0.3 is 0 Å². The Bertz CT molecular complexity index is 795. The van der Waals surface area contributed by atoms with Crippen molar-refractivity contribution >= 4 is 6.08 Å². The van der Waals surface area contributed by atoms with Gasteiger partial charge in [0.15, 0.2) is 0 Å². The van der Waals surface area contributed by atoms with Crippen LogP contribution in [0.3, 0.4) is 0 Å². The minimum absolute atomic E-state index is 0.188. The van der Waals surface area contributed by atoms with E-state index in [0.717, 1.165) is 5.92 Å². The first-order chi connectivity index (χ1) is 10.9. The second-order valence-corrected chi connectivity index (χ2v) is 8.39. The number of aryl methyl sites for hydroxylation is 1. The van der Waals surface area contributed by atoms with Crippen molar-refractivity contribution in [1.29, 1.82) is 0 Å². The molecule has 0 saturated heterocycles. The molecule has 0 amide bonds. The lowest BCUT2D eigenvalue weighted by Gasteiger charge is -2.21. The highest BCUT2D eigenvalue weighted by Gasteiger charge is 2.29. The first-order valence-electron chi connectivity index (χ1n) is 8.87. The molecule has 0 spiro atoms. The molecule has 2 aromatic rings. The van der Waals surface area contributed by atoms with Crippen LogP contribution in [0.1, 0.15) is 55.9 Å². The normalized spacial score (nSPS) is 17.1. The van der Waals surface area contributed by atoms with Crippen molar-refractivity contribution < 1.29 is 0 Å². The second kappa shape index (κ2) is 5.09. The second-order valence-electron chi connectivity index (χ2n) is 8.39. The van der Waals surface area contributed by atoms with Gasteiger partial charge in [-0.05, 0) is 65.3 Å². The molecule has 0 N–H and O–H groups in total. The van der Waals surface area contributed by atoms with Gasteiger partial charge in [0.25, 0.3) is 0 Å². The zero-order valence-corrected chi connectivity index (χ0v) is 14.7. The molecule has 1 fully saturated rings. The van der Waals surface area contributed by atoms with Crippen LogP contribution in [0.2, 0.25) is 0 Å². The third-order valence-electron chi connectivity index (χ3n) is 5.28. The lowest BCUT2D eigenvalue weighted by Crippen LogP contribution is -2.11. The predicted molar refractivity (Wildman–Crippen MR) is 99.7 cm³/mol. The topological polar surface area (TPSA) is 0 Å². The first kappa shape index (κ1) is 14.8. The summed E-state index contributed by atoms with van der Waals surface area (Å²) < 4.78 is 0. The quantitative estimate of drug-likeness (QED) is 0.610. The number of rotatable bonds is 2. The van der Waals surface area contributed by atoms with Crippen LogP contribution >= 0.6 is 0 Å². The molecule has 0 heteroatoms. The molecule has 2 aromatic carbocycles. The van der Waals surface area contributed by atoms with E-state index in [1.165, 1.54) is 52.6 Å². The summed E-state index contributed by atoms with van der Waals surface area (Å²) in [5.74, 6) is 0.873. The molecule has 2 aliphatic carbocycles. The summed E-state index contributed by atoms with van der Waals surface area (Å²) >= 11 is 0. The Balaban J connectivity index is 1.84. The van der Waals surface area contributed by atoms with Gasteiger partial charge in [-0.3, -0.25) is 0 Å². The maximum atomic E-state index is 2.49. The van der Waals surface area contributed by atoms with Crippen LogP contribution in [0.15, 0.2) is 42.0 Å². The van der Waals surface area contributed by atoms with Crippen molar-refractivity contribution in [2.24, 2.45) is 5.92 Å². The maximum absolute atomic E-state index is 2.49. The van der Waals surface area contributed by atoms with Gasteiger partial charge in [-0.2, -0.15) is 0 Å². The molecule has 4 rings (SSSR count). The average Bonchev–Trinajstić information content (AvgIpc) is 3.24. The van der Waals surface area contributed by atoms with Crippen molar-refractivity contribution in [1.82, 2.24) is 0 Å². The molecule has 0 radical (unpaired) electrons. The summed E-state index contributed by atoms with van der Waals surface area (Å²) in [7, 11) is 0. The van der Waals surface area contributed by atoms with Gasteiger partial charge in [-0.15, -0.1) is 0 Å². The zero-order valence-electron chi connectivity index (χ0n) is 14.7. The summed E-state index contributed by atoms with van der Waals surface area (Å²) in [5, 5.41) is 0. The third-order valence-corrected chi connectivity index (χ3v) is 5.28. The Kier molecular flexibility index (Phi) is 3.27. The molecule has 2 aliphatic rings. The lowest BCUT2D eigenvalue weighted by atomic mass is 9.83. The van der Waals surface area contributed by atoms with Crippen molar-refractivity contribution in [3.8, 4) is 11.1 Å². The van der Waals surface area contributed by atoms with E-state index < -0.39 is 0 Å². The van der Waals surface area contributed by atoms with Crippen molar-refractivity contribution in [3.05, 3.63) is 64.2 Å². The summed E-state index contributed by atoms with van der Waals surface area (Å²) in [6.07, 6.45) is 6.45. The Morgan fingerprint density at radius 2 is 1.78 bits per heavy atom. The molecule has 0 bridgehead atoms. The van der Waals surface area contributed by atoms with E-state index in [4.69, 9.17) is 0 Å². The SMILES string of the molecule is Cc1cc(-c2cccc3c2C=C(C2CC2)C3)cc(C(C)(C)C)c1. The van der Waals surface area contributed by atoms with Crippen LogP contribution < -0.4 is 0 Å². The van der Waals surface area contributed by atoms with E-state index in [0.29, 0.717) is 0 Å². The molecule has 118 valence electrons. The number of allylic oxidation sites excluding steroid dienone is 1. The summed E-state index contributed by atoms with van der Waals surface area (Å²) in [4.78, 5) is 0. The first-order valence-corrected chi connectivity index (χ1v) is 8.87. The largest absolute Gasteiger partial charge is 0.0621 e. The summed E-state index contributed by atoms with van der Waals surface area (Å²) in [6, 6.07) is 13.9. The average molecular weight is 302 g/mol. The van der Waals surface area contributed by atoms with E-state index in [-0.39, 0.29) is 5.41 Å². The molecule has 23 heavy (non-hydrogen) atoms. The molecule has 0 heterocycles. The molecule has 0 unspecified atom stereocenters. The number of hydrogen-bond donors (Lipinski definition) is 0. The predicted octanol–water partition coefficient (Wildman–Crippen LogP) is 6.31. The number of fused-ring (bicyclic) bond motifs is 1. The number of benzene rings is 2. The number of hydrogen-bond acceptors (Lipinski definition) is 0. The van der Waals surface area contributed by atoms with E-state index >= 15 is 0 Å². The van der Waals surface area contributed by atoms with Crippen molar-refractivity contribution in [2.45, 2.75) is 52.4 Å². The maximum Gasteiger partial charge on any atom is -0.00548 e. The van der Waals surface area contributed by atoms with Gasteiger partial charge in [0, 0.05) is 0 Å². The van der Waals surface area contributed by atoms with Crippen LogP contribution in [0, 0.1) is 12.8 Å². The fourth-order valence-electron chi connectivity index (χ4n) is 3.73. The molecule has 0 nitrogen and oxygen atoms in total. The van der Waals surface area contributed by atoms with E-state index in [1.54, 1.807) is 5.57 Å². The van der Waals surface area contributed by atoms with E-state index in [2.05, 4.69) is 70.2 Å². The van der Waals surface area contributed by atoms with E-state index in [1.807, 2.05) is 0 Å². The molecule has 1 saturated carbocycles. The monoisotopic (exact) mass is 302 g/mol. The van der Waals surface area contributed by atoms with Gasteiger partial charge in [0.05, 0.1) is 0 Å². The Morgan fingerprint density at radius 3 is 2.48 bits per heavy atom. The van der Waals surface area contributed by atoms with Gasteiger partial charge in [0.2, 0.25) is 0 Å². The lowest BCUT2D eigenvalue weighted by molar-refractivity contribution is 0.590. The molecule has 0 aliphatic heterocycles. The van der Waals surface area contributed by atoms with Crippen LogP contribution in [0.4, 0.5) is 0 Å². The van der Waals surface area contributed by atoms with Crippen molar-refractivity contribution in [3.63, 3.8) is 0 Å². The Morgan fingerprint density at radius 1 is 1.00 bits per heavy atom. The molecule has 0 atom stereocenters. The third kappa shape index (κ3) is 2.76. The van der Waals surface area contributed by atoms with Gasteiger partial charge in [-0.25, -0.2) is 0 Å². The van der Waals surface area contributed by atoms with Crippen LogP contribution in [0.5, 0.6) is 0 Å². The minimum Gasteiger partial charge on any atom is -0.0621 e. The van der Waals surface area contributed by atoms with Gasteiger partial charge in [-0.1, -0.05) is 74.4 Å². The highest BCUT2D eigenvalue weighted by atomic mass is 14.3. The Hall–Kier alpha value is -1.82. The Labute approximate surface area is 140 Å². The highest BCUT2D eigenvalue weighted by Crippen LogP contribution is 2.44. The van der Waals surface area contributed by atoms with Gasteiger partial charge < -0.3 is 0 Å². The highest BCUT2D eigenvalue weighted by molar-refractivity contribution is 5.81. The standard InChI is InChI=1S/C23H26/c1-15-10-19(13-20(11-15)23(2,3)4)21-7-5-6-17-12-18(14-22(17)21)16-8-9-16/h5-7,10-11,13-14,16H,8-9,12H2,1-4H3. The fraction of sp³-hybridized carbons (Fsp3) is 0.391. The molecular weight excluding hydrogens is 276 g/mol. The van der Waals surface area contributed by atoms with Crippen LogP contribution in [-0.2, 0) is 11.8 Å². The minimum atomic E-state index is 0.188. The van der Waals surface area contributed by atoms with Gasteiger partial charge in [0.1, 0.15) is 0 Å². The van der Waals surface area contributed by atoms with Crippen LogP contribution in [0.25, 0.3) is 17.2 Å².